The molecule has 0 aromatic heterocycles. The van der Waals surface area contributed by atoms with Gasteiger partial charge in [-0.15, -0.1) is 0 Å². The Morgan fingerprint density at radius 2 is 1.95 bits per heavy atom. The van der Waals surface area contributed by atoms with Crippen molar-refractivity contribution in [3.63, 3.8) is 0 Å². The zero-order valence-corrected chi connectivity index (χ0v) is 10.9. The molecule has 2 aromatic rings. The average Bonchev–Trinajstić information content (AvgIpc) is 2.45. The lowest BCUT2D eigenvalue weighted by molar-refractivity contribution is 0.101. The van der Waals surface area contributed by atoms with Crippen LogP contribution >= 0.6 is 0 Å². The van der Waals surface area contributed by atoms with Gasteiger partial charge in [-0.3, -0.25) is 4.79 Å². The van der Waals surface area contributed by atoms with Crippen LogP contribution in [0.25, 0.3) is 0 Å². The van der Waals surface area contributed by atoms with Crippen LogP contribution in [0.1, 0.15) is 28.4 Å². The zero-order chi connectivity index (χ0) is 14.5. The number of carbonyl (C=O) groups excluding carboxylic acids is 1. The van der Waals surface area contributed by atoms with Crippen LogP contribution in [0.15, 0.2) is 42.5 Å². The second kappa shape index (κ2) is 5.98. The Morgan fingerprint density at radius 3 is 2.55 bits per heavy atom. The fourth-order valence-electron chi connectivity index (χ4n) is 1.74. The van der Waals surface area contributed by atoms with Crippen molar-refractivity contribution in [2.24, 2.45) is 0 Å². The van der Waals surface area contributed by atoms with Gasteiger partial charge in [0.05, 0.1) is 11.6 Å². The lowest BCUT2D eigenvalue weighted by Gasteiger charge is -2.08. The second-order valence-electron chi connectivity index (χ2n) is 4.28. The summed E-state index contributed by atoms with van der Waals surface area (Å²) < 4.78 is 18.6. The van der Waals surface area contributed by atoms with Crippen molar-refractivity contribution in [3.05, 3.63) is 65.0 Å². The minimum atomic E-state index is -0.408. The van der Waals surface area contributed by atoms with Gasteiger partial charge in [-0.1, -0.05) is 0 Å². The van der Waals surface area contributed by atoms with Crippen molar-refractivity contribution in [2.45, 2.75) is 13.5 Å². The Kier molecular flexibility index (Phi) is 4.11. The predicted molar refractivity (Wildman–Crippen MR) is 71.9 cm³/mol. The lowest BCUT2D eigenvalue weighted by atomic mass is 10.1. The highest BCUT2D eigenvalue weighted by Gasteiger charge is 2.05. The van der Waals surface area contributed by atoms with Crippen molar-refractivity contribution < 1.29 is 13.9 Å². The first-order valence-corrected chi connectivity index (χ1v) is 6.02. The second-order valence-corrected chi connectivity index (χ2v) is 4.28. The SMILES string of the molecule is CC(=O)c1ccc(OCc2cc(F)ccc2C#N)cc1. The summed E-state index contributed by atoms with van der Waals surface area (Å²) in [6, 6.07) is 12.6. The first-order chi connectivity index (χ1) is 9.60. The summed E-state index contributed by atoms with van der Waals surface area (Å²) in [6.45, 7) is 1.59. The van der Waals surface area contributed by atoms with E-state index in [1.807, 2.05) is 6.07 Å². The van der Waals surface area contributed by atoms with Gasteiger partial charge in [0.2, 0.25) is 0 Å². The molecule has 0 fully saturated rings. The number of halogens is 1. The van der Waals surface area contributed by atoms with Gasteiger partial charge in [0.1, 0.15) is 18.2 Å². The number of Topliss-reactive ketones (excluding diaryl/α,β-unsaturated/α-hetero) is 1. The van der Waals surface area contributed by atoms with E-state index in [-0.39, 0.29) is 12.4 Å². The van der Waals surface area contributed by atoms with Crippen LogP contribution in [-0.4, -0.2) is 5.78 Å². The van der Waals surface area contributed by atoms with Crippen LogP contribution in [0.2, 0.25) is 0 Å². The van der Waals surface area contributed by atoms with Crippen LogP contribution in [0, 0.1) is 17.1 Å². The highest BCUT2D eigenvalue weighted by Crippen LogP contribution is 2.17. The first-order valence-electron chi connectivity index (χ1n) is 6.02. The van der Waals surface area contributed by atoms with Crippen LogP contribution in [0.3, 0.4) is 0 Å². The molecule has 0 heterocycles. The molecule has 100 valence electrons. The van der Waals surface area contributed by atoms with Gasteiger partial charge in [0, 0.05) is 11.1 Å². The Morgan fingerprint density at radius 1 is 1.25 bits per heavy atom. The van der Waals surface area contributed by atoms with Gasteiger partial charge in [-0.2, -0.15) is 5.26 Å². The summed E-state index contributed by atoms with van der Waals surface area (Å²) in [4.78, 5) is 11.1. The van der Waals surface area contributed by atoms with E-state index < -0.39 is 5.82 Å². The number of ketones is 1. The molecule has 2 rings (SSSR count). The van der Waals surface area contributed by atoms with Crippen molar-refractivity contribution in [3.8, 4) is 11.8 Å². The summed E-state index contributed by atoms with van der Waals surface area (Å²) in [5.74, 6) is 0.131. The van der Waals surface area contributed by atoms with Crippen LogP contribution in [0.4, 0.5) is 4.39 Å². The van der Waals surface area contributed by atoms with E-state index in [4.69, 9.17) is 10.00 Å². The van der Waals surface area contributed by atoms with E-state index in [0.29, 0.717) is 22.4 Å². The third-order valence-electron chi connectivity index (χ3n) is 2.84. The molecule has 0 aliphatic carbocycles. The quantitative estimate of drug-likeness (QED) is 0.798. The summed E-state index contributed by atoms with van der Waals surface area (Å²) in [6.07, 6.45) is 0. The minimum Gasteiger partial charge on any atom is -0.489 e. The van der Waals surface area contributed by atoms with E-state index in [1.54, 1.807) is 24.3 Å². The van der Waals surface area contributed by atoms with Gasteiger partial charge in [-0.25, -0.2) is 4.39 Å². The predicted octanol–water partition coefficient (Wildman–Crippen LogP) is 3.48. The third kappa shape index (κ3) is 3.21. The van der Waals surface area contributed by atoms with Gasteiger partial charge in [-0.05, 0) is 49.4 Å². The molecule has 20 heavy (non-hydrogen) atoms. The third-order valence-corrected chi connectivity index (χ3v) is 2.84. The number of ether oxygens (including phenoxy) is 1. The van der Waals surface area contributed by atoms with Gasteiger partial charge >= 0.3 is 0 Å². The molecule has 0 saturated carbocycles. The van der Waals surface area contributed by atoms with E-state index in [1.165, 1.54) is 25.1 Å². The summed E-state index contributed by atoms with van der Waals surface area (Å²) in [7, 11) is 0. The number of hydrogen-bond acceptors (Lipinski definition) is 3. The smallest absolute Gasteiger partial charge is 0.159 e. The van der Waals surface area contributed by atoms with E-state index >= 15 is 0 Å². The van der Waals surface area contributed by atoms with E-state index in [2.05, 4.69) is 0 Å². The maximum atomic E-state index is 13.1. The Hall–Kier alpha value is -2.67. The molecule has 0 aliphatic heterocycles. The molecule has 0 spiro atoms. The molecule has 0 amide bonds. The molecule has 3 nitrogen and oxygen atoms in total. The molecule has 4 heteroatoms. The molecule has 2 aromatic carbocycles. The lowest BCUT2D eigenvalue weighted by Crippen LogP contribution is -1.99. The molecule has 0 aliphatic rings. The molecule has 0 bridgehead atoms. The number of nitriles is 1. The number of carbonyl (C=O) groups is 1. The Labute approximate surface area is 116 Å². The number of nitrogens with zero attached hydrogens (tertiary/aromatic N) is 1. The number of hydrogen-bond donors (Lipinski definition) is 0. The summed E-state index contributed by atoms with van der Waals surface area (Å²) in [5.41, 5.74) is 1.47. The monoisotopic (exact) mass is 269 g/mol. The normalized spacial score (nSPS) is 9.85. The van der Waals surface area contributed by atoms with Crippen LogP contribution in [-0.2, 0) is 6.61 Å². The Balaban J connectivity index is 2.11. The van der Waals surface area contributed by atoms with Crippen molar-refractivity contribution in [2.75, 3.05) is 0 Å². The summed E-state index contributed by atoms with van der Waals surface area (Å²) >= 11 is 0. The molecule has 0 radical (unpaired) electrons. The van der Waals surface area contributed by atoms with Crippen molar-refractivity contribution >= 4 is 5.78 Å². The maximum Gasteiger partial charge on any atom is 0.159 e. The maximum absolute atomic E-state index is 13.1. The Bertz CT molecular complexity index is 672. The first kappa shape index (κ1) is 13.8. The van der Waals surface area contributed by atoms with Gasteiger partial charge in [0.25, 0.3) is 0 Å². The minimum absolute atomic E-state index is 0.0200. The molecular weight excluding hydrogens is 257 g/mol. The fourth-order valence-corrected chi connectivity index (χ4v) is 1.74. The largest absolute Gasteiger partial charge is 0.489 e. The van der Waals surface area contributed by atoms with Gasteiger partial charge < -0.3 is 4.74 Å². The average molecular weight is 269 g/mol. The molecule has 0 N–H and O–H groups in total. The highest BCUT2D eigenvalue weighted by atomic mass is 19.1. The van der Waals surface area contributed by atoms with Crippen LogP contribution in [0.5, 0.6) is 5.75 Å². The van der Waals surface area contributed by atoms with E-state index in [9.17, 15) is 9.18 Å². The standard InChI is InChI=1S/C16H12FNO2/c1-11(19)12-3-6-16(7-4-12)20-10-14-8-15(17)5-2-13(14)9-18/h2-8H,10H2,1H3. The molecular formula is C16H12FNO2. The van der Waals surface area contributed by atoms with Crippen molar-refractivity contribution in [1.29, 1.82) is 5.26 Å². The molecule has 0 unspecified atom stereocenters. The zero-order valence-electron chi connectivity index (χ0n) is 10.9. The molecule has 0 saturated heterocycles. The van der Waals surface area contributed by atoms with Gasteiger partial charge in [0.15, 0.2) is 5.78 Å². The molecule has 0 atom stereocenters. The van der Waals surface area contributed by atoms with E-state index in [0.717, 1.165) is 0 Å². The van der Waals surface area contributed by atoms with Crippen LogP contribution < -0.4 is 4.74 Å². The topological polar surface area (TPSA) is 50.1 Å². The van der Waals surface area contributed by atoms with Crippen molar-refractivity contribution in [1.82, 2.24) is 0 Å². The highest BCUT2D eigenvalue weighted by molar-refractivity contribution is 5.94. The number of benzene rings is 2. The summed E-state index contributed by atoms with van der Waals surface area (Å²) in [5, 5.41) is 8.94. The number of rotatable bonds is 4. The fraction of sp³-hybridized carbons (Fsp3) is 0.125.